The molecule has 0 bridgehead atoms. The largest absolute Gasteiger partial charge is 0.467 e. The van der Waals surface area contributed by atoms with E-state index in [1.807, 2.05) is 18.2 Å². The van der Waals surface area contributed by atoms with Crippen LogP contribution < -0.4 is 10.5 Å². The number of aliphatic hydroxyl groups excluding tert-OH is 1. The van der Waals surface area contributed by atoms with Crippen molar-refractivity contribution in [2.24, 2.45) is 0 Å². The van der Waals surface area contributed by atoms with E-state index in [-0.39, 0.29) is 6.79 Å². The van der Waals surface area contributed by atoms with Crippen molar-refractivity contribution >= 4 is 5.69 Å². The molecule has 3 nitrogen and oxygen atoms in total. The van der Waals surface area contributed by atoms with E-state index < -0.39 is 0 Å². The van der Waals surface area contributed by atoms with Gasteiger partial charge >= 0.3 is 0 Å². The minimum absolute atomic E-state index is 0.300. The molecule has 0 heterocycles. The molecule has 0 aromatic heterocycles. The topological polar surface area (TPSA) is 55.5 Å². The van der Waals surface area contributed by atoms with Crippen LogP contribution in [0.15, 0.2) is 36.4 Å². The molecule has 2 rings (SSSR count). The van der Waals surface area contributed by atoms with Crippen LogP contribution in [0.25, 0.3) is 0 Å². The minimum Gasteiger partial charge on any atom is -0.467 e. The van der Waals surface area contributed by atoms with Gasteiger partial charge in [-0.2, -0.15) is 0 Å². The van der Waals surface area contributed by atoms with Crippen molar-refractivity contribution in [3.63, 3.8) is 0 Å². The van der Waals surface area contributed by atoms with E-state index >= 15 is 0 Å². The van der Waals surface area contributed by atoms with Gasteiger partial charge in [-0.15, -0.1) is 0 Å². The van der Waals surface area contributed by atoms with Crippen molar-refractivity contribution < 1.29 is 9.84 Å². The predicted octanol–water partition coefficient (Wildman–Crippen LogP) is 3.81. The van der Waals surface area contributed by atoms with Crippen LogP contribution >= 0.6 is 0 Å². The van der Waals surface area contributed by atoms with E-state index in [2.05, 4.69) is 39.0 Å². The molecular formula is C19H25NO2. The Morgan fingerprint density at radius 1 is 1.09 bits per heavy atom. The molecule has 2 aromatic carbocycles. The number of anilines is 1. The average molecular weight is 299 g/mol. The molecule has 0 aliphatic rings. The average Bonchev–Trinajstić information content (AvgIpc) is 2.50. The third kappa shape index (κ3) is 3.80. The van der Waals surface area contributed by atoms with Gasteiger partial charge in [-0.05, 0) is 60.1 Å². The highest BCUT2D eigenvalue weighted by molar-refractivity contribution is 5.50. The smallest absolute Gasteiger partial charge is 0.186 e. The van der Waals surface area contributed by atoms with Gasteiger partial charge in [0.1, 0.15) is 5.75 Å². The van der Waals surface area contributed by atoms with Crippen molar-refractivity contribution in [1.29, 1.82) is 0 Å². The Labute approximate surface area is 132 Å². The first-order valence-corrected chi connectivity index (χ1v) is 7.73. The molecule has 0 amide bonds. The molecule has 0 atom stereocenters. The number of hydrogen-bond donors (Lipinski definition) is 2. The standard InChI is InChI=1S/C19H25NO2/c1-13(2)17-10-9-16(19(11-17)22-12-21)8-7-15-5-4-6-18(20)14(15)3/h4-6,9-11,13,21H,7-8,12,20H2,1-3H3. The monoisotopic (exact) mass is 299 g/mol. The van der Waals surface area contributed by atoms with Gasteiger partial charge in [0.25, 0.3) is 0 Å². The second kappa shape index (κ2) is 7.32. The third-order valence-corrected chi connectivity index (χ3v) is 4.13. The van der Waals surface area contributed by atoms with Gasteiger partial charge < -0.3 is 15.6 Å². The highest BCUT2D eigenvalue weighted by atomic mass is 16.6. The zero-order chi connectivity index (χ0) is 16.1. The third-order valence-electron chi connectivity index (χ3n) is 4.13. The second-order valence-corrected chi connectivity index (χ2v) is 5.93. The highest BCUT2D eigenvalue weighted by Crippen LogP contribution is 2.27. The first kappa shape index (κ1) is 16.4. The van der Waals surface area contributed by atoms with Gasteiger partial charge in [0, 0.05) is 5.69 Å². The van der Waals surface area contributed by atoms with E-state index in [0.29, 0.717) is 5.92 Å². The van der Waals surface area contributed by atoms with Gasteiger partial charge in [0.2, 0.25) is 0 Å². The summed E-state index contributed by atoms with van der Waals surface area (Å²) in [6, 6.07) is 12.3. The van der Waals surface area contributed by atoms with Crippen LogP contribution in [-0.2, 0) is 12.8 Å². The van der Waals surface area contributed by atoms with E-state index in [9.17, 15) is 0 Å². The fourth-order valence-corrected chi connectivity index (χ4v) is 2.58. The number of benzene rings is 2. The summed E-state index contributed by atoms with van der Waals surface area (Å²) in [4.78, 5) is 0. The second-order valence-electron chi connectivity index (χ2n) is 5.93. The van der Waals surface area contributed by atoms with E-state index in [1.165, 1.54) is 11.1 Å². The van der Waals surface area contributed by atoms with Crippen LogP contribution in [0.3, 0.4) is 0 Å². The van der Waals surface area contributed by atoms with Crippen molar-refractivity contribution in [1.82, 2.24) is 0 Å². The molecule has 118 valence electrons. The molecule has 0 radical (unpaired) electrons. The Morgan fingerprint density at radius 2 is 1.82 bits per heavy atom. The lowest BCUT2D eigenvalue weighted by Crippen LogP contribution is -2.03. The normalized spacial score (nSPS) is 11.0. The van der Waals surface area contributed by atoms with Gasteiger partial charge in [0.15, 0.2) is 6.79 Å². The number of nitrogens with two attached hydrogens (primary N) is 1. The molecule has 0 aliphatic heterocycles. The Balaban J connectivity index is 2.19. The van der Waals surface area contributed by atoms with Crippen LogP contribution in [0.4, 0.5) is 5.69 Å². The Kier molecular flexibility index (Phi) is 5.45. The molecule has 0 unspecified atom stereocenters. The molecule has 22 heavy (non-hydrogen) atoms. The number of hydrogen-bond acceptors (Lipinski definition) is 3. The first-order valence-electron chi connectivity index (χ1n) is 7.73. The molecule has 0 fully saturated rings. The Hall–Kier alpha value is -2.00. The van der Waals surface area contributed by atoms with Crippen LogP contribution in [0, 0.1) is 6.92 Å². The highest BCUT2D eigenvalue weighted by Gasteiger charge is 2.09. The maximum atomic E-state index is 9.10. The molecule has 0 aliphatic carbocycles. The molecule has 3 N–H and O–H groups in total. The Morgan fingerprint density at radius 3 is 2.50 bits per heavy atom. The van der Waals surface area contributed by atoms with Gasteiger partial charge in [-0.25, -0.2) is 0 Å². The number of ether oxygens (including phenoxy) is 1. The summed E-state index contributed by atoms with van der Waals surface area (Å²) in [6.07, 6.45) is 1.76. The van der Waals surface area contributed by atoms with E-state index in [1.54, 1.807) is 0 Å². The van der Waals surface area contributed by atoms with Crippen LogP contribution in [0.5, 0.6) is 5.75 Å². The van der Waals surface area contributed by atoms with Crippen LogP contribution in [-0.4, -0.2) is 11.9 Å². The predicted molar refractivity (Wildman–Crippen MR) is 91.2 cm³/mol. The van der Waals surface area contributed by atoms with Crippen molar-refractivity contribution in [2.45, 2.75) is 39.5 Å². The lowest BCUT2D eigenvalue weighted by atomic mass is 9.96. The summed E-state index contributed by atoms with van der Waals surface area (Å²) >= 11 is 0. The molecular weight excluding hydrogens is 274 g/mol. The summed E-state index contributed by atoms with van der Waals surface area (Å²) in [5.74, 6) is 1.21. The fourth-order valence-electron chi connectivity index (χ4n) is 2.58. The fraction of sp³-hybridized carbons (Fsp3) is 0.368. The van der Waals surface area contributed by atoms with E-state index in [0.717, 1.165) is 35.4 Å². The zero-order valence-corrected chi connectivity index (χ0v) is 13.6. The summed E-state index contributed by atoms with van der Waals surface area (Å²) in [5, 5.41) is 9.10. The van der Waals surface area contributed by atoms with E-state index in [4.69, 9.17) is 15.6 Å². The summed E-state index contributed by atoms with van der Waals surface area (Å²) in [5.41, 5.74) is 11.5. The summed E-state index contributed by atoms with van der Waals surface area (Å²) in [6.45, 7) is 6.05. The zero-order valence-electron chi connectivity index (χ0n) is 13.6. The lowest BCUT2D eigenvalue weighted by Gasteiger charge is -2.14. The molecule has 0 saturated heterocycles. The van der Waals surface area contributed by atoms with Gasteiger partial charge in [0.05, 0.1) is 0 Å². The summed E-state index contributed by atoms with van der Waals surface area (Å²) < 4.78 is 5.40. The number of aliphatic hydroxyl groups is 1. The number of nitrogen functional groups attached to an aromatic ring is 1. The van der Waals surface area contributed by atoms with Crippen molar-refractivity contribution in [3.8, 4) is 5.75 Å². The maximum Gasteiger partial charge on any atom is 0.186 e. The minimum atomic E-state index is -0.300. The Bertz CT molecular complexity index is 635. The first-order chi connectivity index (χ1) is 10.5. The van der Waals surface area contributed by atoms with Crippen molar-refractivity contribution in [3.05, 3.63) is 58.7 Å². The molecule has 0 spiro atoms. The van der Waals surface area contributed by atoms with Gasteiger partial charge in [-0.1, -0.05) is 38.1 Å². The molecule has 3 heteroatoms. The summed E-state index contributed by atoms with van der Waals surface area (Å²) in [7, 11) is 0. The lowest BCUT2D eigenvalue weighted by molar-refractivity contribution is 0.0974. The van der Waals surface area contributed by atoms with Gasteiger partial charge in [-0.3, -0.25) is 0 Å². The maximum absolute atomic E-state index is 9.10. The molecule has 0 saturated carbocycles. The van der Waals surface area contributed by atoms with Crippen LogP contribution in [0.2, 0.25) is 0 Å². The quantitative estimate of drug-likeness (QED) is 0.630. The SMILES string of the molecule is Cc1c(N)cccc1CCc1ccc(C(C)C)cc1OCO. The van der Waals surface area contributed by atoms with Crippen LogP contribution in [0.1, 0.15) is 42.0 Å². The molecule has 2 aromatic rings. The number of aryl methyl sites for hydroxylation is 2. The number of rotatable bonds is 6. The van der Waals surface area contributed by atoms with Crippen molar-refractivity contribution in [2.75, 3.05) is 12.5 Å².